The molecule has 4 aliphatic carbocycles. The number of esters is 1. The highest BCUT2D eigenvalue weighted by Crippen LogP contribution is 2.72. The van der Waals surface area contributed by atoms with Crippen LogP contribution in [0, 0.1) is 40.4 Å². The lowest BCUT2D eigenvalue weighted by Crippen LogP contribution is -2.65. The second-order valence-electron chi connectivity index (χ2n) is 11.1. The Morgan fingerprint density at radius 3 is 2.55 bits per heavy atom. The van der Waals surface area contributed by atoms with Gasteiger partial charge in [-0.2, -0.15) is 0 Å². The van der Waals surface area contributed by atoms with Gasteiger partial charge in [-0.05, 0) is 61.3 Å². The fourth-order valence-electron chi connectivity index (χ4n) is 7.45. The maximum atomic E-state index is 14.2. The molecule has 0 aromatic rings. The molecule has 4 aliphatic rings. The summed E-state index contributed by atoms with van der Waals surface area (Å²) >= 11 is 0. The van der Waals surface area contributed by atoms with Crippen molar-refractivity contribution in [1.82, 2.24) is 0 Å². The molecule has 6 nitrogen and oxygen atoms in total. The second kappa shape index (κ2) is 7.00. The van der Waals surface area contributed by atoms with Crippen LogP contribution in [0.2, 0.25) is 0 Å². The summed E-state index contributed by atoms with van der Waals surface area (Å²) in [4.78, 5) is 26.9. The molecule has 0 heterocycles. The molecular formula is C25H36O6. The number of fused-ring (bicyclic) bond motifs is 3. The number of hydrogen-bond acceptors (Lipinski definition) is 6. The van der Waals surface area contributed by atoms with E-state index in [1.165, 1.54) is 0 Å². The molecule has 0 aromatic heterocycles. The molecule has 3 fully saturated rings. The molecule has 3 saturated carbocycles. The number of Topliss-reactive ketones (excluding diaryl/α,β-unsaturated/α-hetero) is 1. The van der Waals surface area contributed by atoms with Gasteiger partial charge in [0.1, 0.15) is 23.6 Å². The molecular weight excluding hydrogens is 396 g/mol. The first-order chi connectivity index (χ1) is 14.4. The minimum atomic E-state index is -1.99. The first kappa shape index (κ1) is 22.7. The fraction of sp³-hybridized carbons (Fsp3) is 0.760. The van der Waals surface area contributed by atoms with Gasteiger partial charge in [0.15, 0.2) is 0 Å². The first-order valence-electron chi connectivity index (χ1n) is 11.5. The molecule has 6 heteroatoms. The lowest BCUT2D eigenvalue weighted by atomic mass is 9.59. The van der Waals surface area contributed by atoms with Crippen LogP contribution in [-0.4, -0.2) is 51.5 Å². The summed E-state index contributed by atoms with van der Waals surface area (Å²) in [7, 11) is 0. The molecule has 2 bridgehead atoms. The van der Waals surface area contributed by atoms with Crippen molar-refractivity contribution in [2.24, 2.45) is 40.4 Å². The normalized spacial score (nSPS) is 48.2. The summed E-state index contributed by atoms with van der Waals surface area (Å²) in [6.45, 7) is 11.1. The lowest BCUT2D eigenvalue weighted by molar-refractivity contribution is -0.208. The minimum Gasteiger partial charge on any atom is -0.456 e. The molecule has 0 radical (unpaired) electrons. The molecule has 0 saturated heterocycles. The summed E-state index contributed by atoms with van der Waals surface area (Å²) in [5, 5.41) is 33.8. The molecule has 1 spiro atoms. The van der Waals surface area contributed by atoms with E-state index >= 15 is 0 Å². The number of ether oxygens (including phenoxy) is 1. The average Bonchev–Trinajstić information content (AvgIpc) is 3.21. The van der Waals surface area contributed by atoms with Gasteiger partial charge in [-0.15, -0.1) is 0 Å². The topological polar surface area (TPSA) is 104 Å². The molecule has 0 aliphatic heterocycles. The number of carbonyl (C=O) groups excluding carboxylic acids is 2. The van der Waals surface area contributed by atoms with Crippen molar-refractivity contribution in [3.05, 3.63) is 23.3 Å². The number of aliphatic hydroxyl groups is 3. The van der Waals surface area contributed by atoms with Crippen LogP contribution in [0.3, 0.4) is 0 Å². The largest absolute Gasteiger partial charge is 0.456 e. The van der Waals surface area contributed by atoms with Gasteiger partial charge in [0.2, 0.25) is 0 Å². The van der Waals surface area contributed by atoms with Gasteiger partial charge in [-0.25, -0.2) is 4.79 Å². The Labute approximate surface area is 184 Å². The van der Waals surface area contributed by atoms with Gasteiger partial charge in [0.05, 0.1) is 12.0 Å². The third-order valence-corrected chi connectivity index (χ3v) is 9.36. The van der Waals surface area contributed by atoms with E-state index < -0.39 is 41.7 Å². The summed E-state index contributed by atoms with van der Waals surface area (Å²) in [6.07, 6.45) is 1.92. The van der Waals surface area contributed by atoms with Gasteiger partial charge in [0.25, 0.3) is 0 Å². The number of rotatable bonds is 3. The third kappa shape index (κ3) is 2.67. The Bertz CT molecular complexity index is 871. The standard InChI is InChI=1S/C25H36O6/c1-7-12(2)22(29)31-21-13(3)10-24-14(4)8-17-18(23(17,5)6)16(20(24)28)9-15(11-26)19(27)25(21,24)30/h7,9,13-14,16-19,21,26-27,30H,8,10-11H2,1-6H3/b12-7-/t13?,14-,16+,17-,18+,19-,21+,24+,25+/m1/s1. The average molecular weight is 433 g/mol. The van der Waals surface area contributed by atoms with Crippen molar-refractivity contribution in [2.45, 2.75) is 72.2 Å². The van der Waals surface area contributed by atoms with Crippen LogP contribution in [-0.2, 0) is 14.3 Å². The highest BCUT2D eigenvalue weighted by atomic mass is 16.6. The first-order valence-corrected chi connectivity index (χ1v) is 11.5. The van der Waals surface area contributed by atoms with E-state index in [0.29, 0.717) is 17.9 Å². The van der Waals surface area contributed by atoms with Gasteiger partial charge < -0.3 is 20.1 Å². The molecule has 9 atom stereocenters. The van der Waals surface area contributed by atoms with Crippen molar-refractivity contribution in [3.8, 4) is 0 Å². The predicted molar refractivity (Wildman–Crippen MR) is 115 cm³/mol. The number of carbonyl (C=O) groups is 2. The predicted octanol–water partition coefficient (Wildman–Crippen LogP) is 2.41. The zero-order valence-corrected chi connectivity index (χ0v) is 19.4. The highest BCUT2D eigenvalue weighted by Gasteiger charge is 2.78. The molecule has 0 amide bonds. The molecule has 3 N–H and O–H groups in total. The number of hydrogen-bond donors (Lipinski definition) is 3. The SMILES string of the molecule is C/C=C(/C)C(=O)O[C@H]1C(C)C[C@]23C(=O)[C@@H](C=C(CO)[C@@H](O)[C@]12O)[C@H]1[C@@H](C[C@H]3C)C1(C)C. The van der Waals surface area contributed by atoms with E-state index in [-0.39, 0.29) is 34.5 Å². The second-order valence-corrected chi connectivity index (χ2v) is 11.1. The zero-order valence-electron chi connectivity index (χ0n) is 19.4. The fourth-order valence-corrected chi connectivity index (χ4v) is 7.45. The zero-order chi connectivity index (χ0) is 23.1. The van der Waals surface area contributed by atoms with Crippen LogP contribution in [0.5, 0.6) is 0 Å². The maximum Gasteiger partial charge on any atom is 0.333 e. The van der Waals surface area contributed by atoms with Crippen molar-refractivity contribution in [1.29, 1.82) is 0 Å². The van der Waals surface area contributed by atoms with Crippen molar-refractivity contribution < 1.29 is 29.6 Å². The highest BCUT2D eigenvalue weighted by molar-refractivity contribution is 5.93. The number of allylic oxidation sites excluding steroid dienone is 2. The van der Waals surface area contributed by atoms with Crippen LogP contribution >= 0.6 is 0 Å². The summed E-state index contributed by atoms with van der Waals surface area (Å²) in [5.74, 6) is -1.15. The van der Waals surface area contributed by atoms with E-state index in [0.717, 1.165) is 6.42 Å². The Morgan fingerprint density at radius 1 is 1.32 bits per heavy atom. The quantitative estimate of drug-likeness (QED) is 0.359. The van der Waals surface area contributed by atoms with Gasteiger partial charge in [0, 0.05) is 11.5 Å². The Hall–Kier alpha value is -1.50. The summed E-state index contributed by atoms with van der Waals surface area (Å²) in [5.41, 5.74) is -2.58. The smallest absolute Gasteiger partial charge is 0.333 e. The van der Waals surface area contributed by atoms with Crippen molar-refractivity contribution >= 4 is 11.8 Å². The van der Waals surface area contributed by atoms with Crippen molar-refractivity contribution in [3.63, 3.8) is 0 Å². The van der Waals surface area contributed by atoms with Crippen LogP contribution in [0.15, 0.2) is 23.3 Å². The molecule has 0 aromatic carbocycles. The van der Waals surface area contributed by atoms with Gasteiger partial charge >= 0.3 is 5.97 Å². The monoisotopic (exact) mass is 432 g/mol. The summed E-state index contributed by atoms with van der Waals surface area (Å²) < 4.78 is 5.79. The number of aliphatic hydroxyl groups excluding tert-OH is 2. The van der Waals surface area contributed by atoms with Crippen LogP contribution in [0.4, 0.5) is 0 Å². The summed E-state index contributed by atoms with van der Waals surface area (Å²) in [6, 6.07) is 0. The maximum absolute atomic E-state index is 14.2. The van der Waals surface area contributed by atoms with E-state index in [2.05, 4.69) is 13.8 Å². The Kier molecular flexibility index (Phi) is 5.12. The van der Waals surface area contributed by atoms with E-state index in [1.807, 2.05) is 13.8 Å². The molecule has 172 valence electrons. The Morgan fingerprint density at radius 2 is 1.97 bits per heavy atom. The lowest BCUT2D eigenvalue weighted by Gasteiger charge is -2.48. The third-order valence-electron chi connectivity index (χ3n) is 9.36. The number of ketones is 1. The van der Waals surface area contributed by atoms with Gasteiger partial charge in [-0.3, -0.25) is 4.79 Å². The van der Waals surface area contributed by atoms with E-state index in [4.69, 9.17) is 4.74 Å². The minimum absolute atomic E-state index is 0.000207. The van der Waals surface area contributed by atoms with Crippen LogP contribution in [0.1, 0.15) is 54.4 Å². The van der Waals surface area contributed by atoms with Crippen LogP contribution < -0.4 is 0 Å². The van der Waals surface area contributed by atoms with Gasteiger partial charge in [-0.1, -0.05) is 39.8 Å². The molecule has 4 rings (SSSR count). The van der Waals surface area contributed by atoms with E-state index in [1.54, 1.807) is 26.0 Å². The molecule has 1 unspecified atom stereocenters. The van der Waals surface area contributed by atoms with Crippen LogP contribution in [0.25, 0.3) is 0 Å². The van der Waals surface area contributed by atoms with E-state index in [9.17, 15) is 24.9 Å². The Balaban J connectivity index is 1.89. The van der Waals surface area contributed by atoms with Crippen molar-refractivity contribution in [2.75, 3.05) is 6.61 Å². The molecule has 31 heavy (non-hydrogen) atoms.